The number of rotatable bonds is 5. The molecule has 19 heavy (non-hydrogen) atoms. The Morgan fingerprint density at radius 1 is 1.26 bits per heavy atom. The first kappa shape index (κ1) is 14.1. The second kappa shape index (κ2) is 5.74. The van der Waals surface area contributed by atoms with Gasteiger partial charge in [0.2, 0.25) is 5.91 Å². The zero-order chi connectivity index (χ0) is 13.9. The van der Waals surface area contributed by atoms with E-state index in [0.29, 0.717) is 6.54 Å². The number of carbonyl (C=O) groups excluding carboxylic acids is 1. The van der Waals surface area contributed by atoms with Crippen molar-refractivity contribution in [1.82, 2.24) is 10.6 Å². The van der Waals surface area contributed by atoms with E-state index in [1.54, 1.807) is 0 Å². The van der Waals surface area contributed by atoms with E-state index in [0.717, 1.165) is 12.5 Å². The number of carbonyl (C=O) groups is 1. The van der Waals surface area contributed by atoms with E-state index in [2.05, 4.69) is 34.9 Å². The molecule has 1 aliphatic rings. The minimum Gasteiger partial charge on any atom is -0.350 e. The minimum absolute atomic E-state index is 0.0522. The van der Waals surface area contributed by atoms with Crippen molar-refractivity contribution in [3.05, 3.63) is 35.4 Å². The van der Waals surface area contributed by atoms with E-state index >= 15 is 0 Å². The molecule has 1 saturated carbocycles. The minimum atomic E-state index is -0.162. The van der Waals surface area contributed by atoms with Crippen LogP contribution in [0.3, 0.4) is 0 Å². The first-order chi connectivity index (χ1) is 8.96. The van der Waals surface area contributed by atoms with Crippen LogP contribution in [0.5, 0.6) is 0 Å². The van der Waals surface area contributed by atoms with Crippen molar-refractivity contribution in [1.29, 1.82) is 0 Å². The summed E-state index contributed by atoms with van der Waals surface area (Å²) in [5.41, 5.74) is 2.62. The van der Waals surface area contributed by atoms with Crippen molar-refractivity contribution in [3.63, 3.8) is 0 Å². The molecule has 1 aromatic carbocycles. The lowest BCUT2D eigenvalue weighted by Crippen LogP contribution is -2.44. The second-order valence-electron chi connectivity index (χ2n) is 6.37. The molecule has 0 spiro atoms. The zero-order valence-corrected chi connectivity index (χ0v) is 12.1. The van der Waals surface area contributed by atoms with Crippen LogP contribution in [0.4, 0.5) is 0 Å². The third-order valence-electron chi connectivity index (χ3n) is 3.19. The van der Waals surface area contributed by atoms with Crippen LogP contribution in [0.25, 0.3) is 0 Å². The first-order valence-corrected chi connectivity index (χ1v) is 7.05. The monoisotopic (exact) mass is 260 g/mol. The van der Waals surface area contributed by atoms with E-state index in [9.17, 15) is 4.79 Å². The number of hydrogen-bond donors (Lipinski definition) is 2. The van der Waals surface area contributed by atoms with Crippen LogP contribution in [0.15, 0.2) is 24.3 Å². The summed E-state index contributed by atoms with van der Waals surface area (Å²) < 4.78 is 0. The van der Waals surface area contributed by atoms with E-state index in [-0.39, 0.29) is 11.4 Å². The standard InChI is InChI=1S/C16H24N2O/c1-16(2,3)18-15(19)11-17-10-13-6-4-5-7-14(13)12-8-9-12/h4-7,12,17H,8-11H2,1-3H3,(H,18,19). The van der Waals surface area contributed by atoms with Gasteiger partial charge in [-0.05, 0) is 50.7 Å². The van der Waals surface area contributed by atoms with E-state index < -0.39 is 0 Å². The van der Waals surface area contributed by atoms with Crippen molar-refractivity contribution in [3.8, 4) is 0 Å². The lowest BCUT2D eigenvalue weighted by atomic mass is 10.0. The summed E-state index contributed by atoms with van der Waals surface area (Å²) in [5, 5.41) is 6.19. The van der Waals surface area contributed by atoms with Gasteiger partial charge in [-0.2, -0.15) is 0 Å². The molecule has 0 heterocycles. The summed E-state index contributed by atoms with van der Waals surface area (Å²) in [6.45, 7) is 7.12. The highest BCUT2D eigenvalue weighted by Gasteiger charge is 2.25. The Bertz CT molecular complexity index is 444. The van der Waals surface area contributed by atoms with Crippen molar-refractivity contribution < 1.29 is 4.79 Å². The highest BCUT2D eigenvalue weighted by Crippen LogP contribution is 2.41. The highest BCUT2D eigenvalue weighted by molar-refractivity contribution is 5.78. The molecule has 0 aliphatic heterocycles. The molecule has 1 aliphatic carbocycles. The van der Waals surface area contributed by atoms with Crippen LogP contribution >= 0.6 is 0 Å². The molecule has 3 nitrogen and oxygen atoms in total. The van der Waals surface area contributed by atoms with E-state index in [4.69, 9.17) is 0 Å². The lowest BCUT2D eigenvalue weighted by molar-refractivity contribution is -0.121. The maximum absolute atomic E-state index is 11.7. The predicted molar refractivity (Wildman–Crippen MR) is 78.0 cm³/mol. The van der Waals surface area contributed by atoms with Crippen molar-refractivity contribution in [2.24, 2.45) is 0 Å². The smallest absolute Gasteiger partial charge is 0.234 e. The number of hydrogen-bond acceptors (Lipinski definition) is 2. The molecule has 1 fully saturated rings. The van der Waals surface area contributed by atoms with Crippen molar-refractivity contribution >= 4 is 5.91 Å². The Kier molecular flexibility index (Phi) is 4.25. The van der Waals surface area contributed by atoms with Gasteiger partial charge in [-0.1, -0.05) is 24.3 Å². The number of nitrogens with one attached hydrogen (secondary N) is 2. The molecule has 104 valence electrons. The van der Waals surface area contributed by atoms with Crippen LogP contribution in [0.2, 0.25) is 0 Å². The molecule has 0 atom stereocenters. The molecule has 0 bridgehead atoms. The average molecular weight is 260 g/mol. The Balaban J connectivity index is 1.81. The molecule has 0 aromatic heterocycles. The predicted octanol–water partition coefficient (Wildman–Crippen LogP) is 2.57. The Morgan fingerprint density at radius 2 is 1.95 bits per heavy atom. The van der Waals surface area contributed by atoms with Gasteiger partial charge in [0.1, 0.15) is 0 Å². The van der Waals surface area contributed by atoms with Crippen LogP contribution < -0.4 is 10.6 Å². The lowest BCUT2D eigenvalue weighted by Gasteiger charge is -2.20. The molecule has 0 saturated heterocycles. The van der Waals surface area contributed by atoms with Gasteiger partial charge in [0.25, 0.3) is 0 Å². The Hall–Kier alpha value is -1.35. The normalized spacial score (nSPS) is 15.3. The van der Waals surface area contributed by atoms with E-state index in [1.807, 2.05) is 20.8 Å². The Labute approximate surface area is 115 Å². The highest BCUT2D eigenvalue weighted by atomic mass is 16.2. The van der Waals surface area contributed by atoms with Crippen molar-refractivity contribution in [2.45, 2.75) is 51.6 Å². The summed E-state index contributed by atoms with van der Waals surface area (Å²) in [6, 6.07) is 8.54. The molecule has 1 aromatic rings. The van der Waals surface area contributed by atoms with Gasteiger partial charge < -0.3 is 10.6 Å². The third kappa shape index (κ3) is 4.67. The average Bonchev–Trinajstić information content (AvgIpc) is 3.11. The van der Waals surface area contributed by atoms with Crippen LogP contribution in [-0.2, 0) is 11.3 Å². The van der Waals surface area contributed by atoms with Gasteiger partial charge >= 0.3 is 0 Å². The molecule has 2 N–H and O–H groups in total. The fourth-order valence-electron chi connectivity index (χ4n) is 2.26. The van der Waals surface area contributed by atoms with Gasteiger partial charge in [-0.25, -0.2) is 0 Å². The maximum Gasteiger partial charge on any atom is 0.234 e. The van der Waals surface area contributed by atoms with Gasteiger partial charge in [0.05, 0.1) is 6.54 Å². The Morgan fingerprint density at radius 3 is 2.58 bits per heavy atom. The van der Waals surface area contributed by atoms with E-state index in [1.165, 1.54) is 24.0 Å². The second-order valence-corrected chi connectivity index (χ2v) is 6.37. The summed E-state index contributed by atoms with van der Waals surface area (Å²) in [7, 11) is 0. The van der Waals surface area contributed by atoms with Crippen molar-refractivity contribution in [2.75, 3.05) is 6.54 Å². The van der Waals surface area contributed by atoms with Gasteiger partial charge in [-0.3, -0.25) is 4.79 Å². The topological polar surface area (TPSA) is 41.1 Å². The molecular weight excluding hydrogens is 236 g/mol. The fourth-order valence-corrected chi connectivity index (χ4v) is 2.26. The van der Waals surface area contributed by atoms with Gasteiger partial charge in [0.15, 0.2) is 0 Å². The first-order valence-electron chi connectivity index (χ1n) is 7.05. The third-order valence-corrected chi connectivity index (χ3v) is 3.19. The molecule has 0 unspecified atom stereocenters. The fraction of sp³-hybridized carbons (Fsp3) is 0.562. The maximum atomic E-state index is 11.7. The summed E-state index contributed by atoms with van der Waals surface area (Å²) >= 11 is 0. The molecule has 1 amide bonds. The molecule has 0 radical (unpaired) electrons. The molecule has 3 heteroatoms. The largest absolute Gasteiger partial charge is 0.350 e. The summed E-state index contributed by atoms with van der Waals surface area (Å²) in [5.74, 6) is 0.804. The van der Waals surface area contributed by atoms with Gasteiger partial charge in [-0.15, -0.1) is 0 Å². The molecular formula is C16H24N2O. The summed E-state index contributed by atoms with van der Waals surface area (Å²) in [4.78, 5) is 11.7. The van der Waals surface area contributed by atoms with Crippen LogP contribution in [0.1, 0.15) is 50.7 Å². The number of benzene rings is 1. The SMILES string of the molecule is CC(C)(C)NC(=O)CNCc1ccccc1C1CC1. The van der Waals surface area contributed by atoms with Gasteiger partial charge in [0, 0.05) is 12.1 Å². The quantitative estimate of drug-likeness (QED) is 0.854. The molecule has 2 rings (SSSR count). The summed E-state index contributed by atoms with van der Waals surface area (Å²) in [6.07, 6.45) is 2.61. The van der Waals surface area contributed by atoms with Crippen LogP contribution in [0, 0.1) is 0 Å². The number of amides is 1. The zero-order valence-electron chi connectivity index (χ0n) is 12.1. The van der Waals surface area contributed by atoms with Crippen LogP contribution in [-0.4, -0.2) is 18.0 Å².